The molecule has 0 saturated heterocycles. The van der Waals surface area contributed by atoms with Gasteiger partial charge in [-0.25, -0.2) is 0 Å². The molecule has 1 heteroatoms. The highest BCUT2D eigenvalue weighted by molar-refractivity contribution is 5.98. The number of hydrogen-bond acceptors (Lipinski definition) is 1. The van der Waals surface area contributed by atoms with Crippen LogP contribution in [0.4, 0.5) is 0 Å². The smallest absolute Gasteiger partial charge is 0.177 e. The molecule has 0 heterocycles. The Morgan fingerprint density at radius 3 is 2.71 bits per heavy atom. The van der Waals surface area contributed by atoms with Gasteiger partial charge < -0.3 is 0 Å². The second-order valence-electron chi connectivity index (χ2n) is 4.81. The normalized spacial score (nSPS) is 26.3. The molecular weight excluding hydrogens is 172 g/mol. The van der Waals surface area contributed by atoms with Crippen LogP contribution in [0, 0.1) is 11.3 Å². The lowest BCUT2D eigenvalue weighted by molar-refractivity contribution is -0.110. The van der Waals surface area contributed by atoms with E-state index in [0.29, 0.717) is 11.3 Å². The van der Waals surface area contributed by atoms with Crippen molar-refractivity contribution in [2.24, 2.45) is 11.3 Å². The third-order valence-electron chi connectivity index (χ3n) is 3.28. The quantitative estimate of drug-likeness (QED) is 0.625. The summed E-state index contributed by atoms with van der Waals surface area (Å²) in [7, 11) is 0. The van der Waals surface area contributed by atoms with Gasteiger partial charge in [0.15, 0.2) is 5.78 Å². The minimum Gasteiger partial charge on any atom is -0.290 e. The molecule has 1 atom stereocenters. The van der Waals surface area contributed by atoms with Crippen LogP contribution in [0.2, 0.25) is 0 Å². The Bertz CT molecular complexity index is 248. The SMILES string of the molecule is C=CC(=O)/C=C/C1CCCCC1(C)C. The van der Waals surface area contributed by atoms with Crippen molar-refractivity contribution in [3.8, 4) is 0 Å². The van der Waals surface area contributed by atoms with E-state index in [2.05, 4.69) is 26.5 Å². The molecule has 1 aliphatic rings. The molecule has 0 N–H and O–H groups in total. The second kappa shape index (κ2) is 4.59. The number of carbonyl (C=O) groups excluding carboxylic acids is 1. The molecule has 1 fully saturated rings. The molecule has 78 valence electrons. The van der Waals surface area contributed by atoms with Crippen LogP contribution in [-0.4, -0.2) is 5.78 Å². The van der Waals surface area contributed by atoms with Crippen LogP contribution < -0.4 is 0 Å². The fourth-order valence-corrected chi connectivity index (χ4v) is 2.16. The van der Waals surface area contributed by atoms with Gasteiger partial charge in [-0.3, -0.25) is 4.79 Å². The molecule has 0 aromatic rings. The first kappa shape index (κ1) is 11.2. The van der Waals surface area contributed by atoms with Crippen LogP contribution in [0.25, 0.3) is 0 Å². The first-order chi connectivity index (χ1) is 6.56. The van der Waals surface area contributed by atoms with Crippen molar-refractivity contribution in [1.82, 2.24) is 0 Å². The van der Waals surface area contributed by atoms with Crippen LogP contribution in [0.5, 0.6) is 0 Å². The van der Waals surface area contributed by atoms with E-state index < -0.39 is 0 Å². The summed E-state index contributed by atoms with van der Waals surface area (Å²) in [5, 5.41) is 0. The Morgan fingerprint density at radius 1 is 1.43 bits per heavy atom. The highest BCUT2D eigenvalue weighted by Gasteiger charge is 2.29. The molecule has 0 amide bonds. The lowest BCUT2D eigenvalue weighted by Gasteiger charge is -2.36. The van der Waals surface area contributed by atoms with Gasteiger partial charge in [0.1, 0.15) is 0 Å². The Balaban J connectivity index is 2.62. The Hall–Kier alpha value is -0.850. The summed E-state index contributed by atoms with van der Waals surface area (Å²) in [4.78, 5) is 11.1. The second-order valence-corrected chi connectivity index (χ2v) is 4.81. The summed E-state index contributed by atoms with van der Waals surface area (Å²) in [5.41, 5.74) is 0.357. The largest absolute Gasteiger partial charge is 0.290 e. The maximum Gasteiger partial charge on any atom is 0.177 e. The molecule has 0 radical (unpaired) electrons. The highest BCUT2D eigenvalue weighted by Crippen LogP contribution is 2.41. The number of allylic oxidation sites excluding steroid dienone is 3. The van der Waals surface area contributed by atoms with E-state index in [0.717, 1.165) is 0 Å². The summed E-state index contributed by atoms with van der Waals surface area (Å²) in [6, 6.07) is 0. The summed E-state index contributed by atoms with van der Waals surface area (Å²) >= 11 is 0. The maximum atomic E-state index is 11.1. The molecule has 0 bridgehead atoms. The Labute approximate surface area is 86.9 Å². The minimum atomic E-state index is 0.0198. The van der Waals surface area contributed by atoms with Crippen molar-refractivity contribution in [3.63, 3.8) is 0 Å². The molecule has 1 saturated carbocycles. The number of carbonyl (C=O) groups is 1. The van der Waals surface area contributed by atoms with Crippen molar-refractivity contribution in [2.45, 2.75) is 39.5 Å². The number of ketones is 1. The molecule has 0 aromatic heterocycles. The van der Waals surface area contributed by atoms with Gasteiger partial charge in [-0.1, -0.05) is 39.3 Å². The van der Waals surface area contributed by atoms with Gasteiger partial charge in [-0.2, -0.15) is 0 Å². The predicted octanol–water partition coefficient (Wildman–Crippen LogP) is 3.51. The zero-order valence-electron chi connectivity index (χ0n) is 9.25. The number of hydrogen-bond donors (Lipinski definition) is 0. The van der Waals surface area contributed by atoms with Gasteiger partial charge in [0, 0.05) is 0 Å². The lowest BCUT2D eigenvalue weighted by Crippen LogP contribution is -2.26. The van der Waals surface area contributed by atoms with Gasteiger partial charge in [0.25, 0.3) is 0 Å². The van der Waals surface area contributed by atoms with Crippen molar-refractivity contribution in [1.29, 1.82) is 0 Å². The van der Waals surface area contributed by atoms with Crippen molar-refractivity contribution in [3.05, 3.63) is 24.8 Å². The first-order valence-corrected chi connectivity index (χ1v) is 5.41. The summed E-state index contributed by atoms with van der Waals surface area (Å²) < 4.78 is 0. The molecule has 1 nitrogen and oxygen atoms in total. The molecule has 0 spiro atoms. The van der Waals surface area contributed by atoms with E-state index in [1.165, 1.54) is 31.8 Å². The highest BCUT2D eigenvalue weighted by atomic mass is 16.1. The van der Waals surface area contributed by atoms with Crippen LogP contribution in [0.3, 0.4) is 0 Å². The Kier molecular flexibility index (Phi) is 3.68. The van der Waals surface area contributed by atoms with E-state index >= 15 is 0 Å². The molecule has 14 heavy (non-hydrogen) atoms. The van der Waals surface area contributed by atoms with Gasteiger partial charge in [0.05, 0.1) is 0 Å². The molecule has 0 aromatic carbocycles. The first-order valence-electron chi connectivity index (χ1n) is 5.41. The van der Waals surface area contributed by atoms with Gasteiger partial charge in [-0.05, 0) is 36.3 Å². The van der Waals surface area contributed by atoms with Crippen LogP contribution in [-0.2, 0) is 4.79 Å². The van der Waals surface area contributed by atoms with Crippen LogP contribution in [0.1, 0.15) is 39.5 Å². The van der Waals surface area contributed by atoms with Crippen LogP contribution in [0.15, 0.2) is 24.8 Å². The molecule has 0 aliphatic heterocycles. The fourth-order valence-electron chi connectivity index (χ4n) is 2.16. The summed E-state index contributed by atoms with van der Waals surface area (Å²) in [5.74, 6) is 0.575. The molecule has 1 unspecified atom stereocenters. The lowest BCUT2D eigenvalue weighted by atomic mass is 9.69. The van der Waals surface area contributed by atoms with Gasteiger partial charge in [-0.15, -0.1) is 0 Å². The average Bonchev–Trinajstić information content (AvgIpc) is 2.15. The third kappa shape index (κ3) is 2.83. The summed E-state index contributed by atoms with van der Waals surface area (Å²) in [6.45, 7) is 8.04. The summed E-state index contributed by atoms with van der Waals surface area (Å²) in [6.07, 6.45) is 10.2. The standard InChI is InChI=1S/C13H20O/c1-4-12(14)9-8-11-7-5-6-10-13(11,2)3/h4,8-9,11H,1,5-7,10H2,2-3H3/b9-8+. The fraction of sp³-hybridized carbons (Fsp3) is 0.615. The predicted molar refractivity (Wildman–Crippen MR) is 60.1 cm³/mol. The zero-order valence-corrected chi connectivity index (χ0v) is 9.25. The minimum absolute atomic E-state index is 0.0198. The van der Waals surface area contributed by atoms with E-state index in [-0.39, 0.29) is 5.78 Å². The molecule has 1 aliphatic carbocycles. The van der Waals surface area contributed by atoms with Gasteiger partial charge in [0.2, 0.25) is 0 Å². The average molecular weight is 192 g/mol. The van der Waals surface area contributed by atoms with Crippen molar-refractivity contribution in [2.75, 3.05) is 0 Å². The number of rotatable bonds is 3. The Morgan fingerprint density at radius 2 is 2.14 bits per heavy atom. The van der Waals surface area contributed by atoms with Crippen LogP contribution >= 0.6 is 0 Å². The topological polar surface area (TPSA) is 17.1 Å². The van der Waals surface area contributed by atoms with Gasteiger partial charge >= 0.3 is 0 Å². The zero-order chi connectivity index (χ0) is 10.6. The van der Waals surface area contributed by atoms with Crippen molar-refractivity contribution < 1.29 is 4.79 Å². The van der Waals surface area contributed by atoms with E-state index in [1.54, 1.807) is 6.08 Å². The van der Waals surface area contributed by atoms with Crippen molar-refractivity contribution >= 4 is 5.78 Å². The monoisotopic (exact) mass is 192 g/mol. The maximum absolute atomic E-state index is 11.1. The van der Waals surface area contributed by atoms with E-state index in [4.69, 9.17) is 0 Å². The molecular formula is C13H20O. The molecule has 1 rings (SSSR count). The van der Waals surface area contributed by atoms with E-state index in [9.17, 15) is 4.79 Å². The third-order valence-corrected chi connectivity index (χ3v) is 3.28. The van der Waals surface area contributed by atoms with E-state index in [1.807, 2.05) is 0 Å².